The van der Waals surface area contributed by atoms with Crippen molar-refractivity contribution in [2.24, 2.45) is 0 Å². The summed E-state index contributed by atoms with van der Waals surface area (Å²) in [5.74, 6) is 5.23. The molecule has 1 aromatic carbocycles. The number of nitrogens with zero attached hydrogens (tertiary/aromatic N) is 4. The SMILES string of the molecule is Cc1cc(C2CCC(c3nnc4n3-c3ccc(Cl)cc3C3CC43)CC2)no1. The van der Waals surface area contributed by atoms with Gasteiger partial charge in [-0.2, -0.15) is 0 Å². The maximum absolute atomic E-state index is 6.27. The van der Waals surface area contributed by atoms with E-state index in [2.05, 4.69) is 38.1 Å². The van der Waals surface area contributed by atoms with E-state index < -0.39 is 0 Å². The third kappa shape index (κ3) is 2.40. The molecule has 2 fully saturated rings. The zero-order chi connectivity index (χ0) is 18.1. The van der Waals surface area contributed by atoms with Gasteiger partial charge in [-0.05, 0) is 68.7 Å². The molecule has 2 aromatic heterocycles. The number of fused-ring (bicyclic) bond motifs is 6. The summed E-state index contributed by atoms with van der Waals surface area (Å²) in [6, 6.07) is 8.35. The minimum Gasteiger partial charge on any atom is -0.361 e. The van der Waals surface area contributed by atoms with Crippen molar-refractivity contribution in [3.63, 3.8) is 0 Å². The Hall–Kier alpha value is -2.14. The van der Waals surface area contributed by atoms with Crippen LogP contribution in [0, 0.1) is 6.92 Å². The molecule has 2 unspecified atom stereocenters. The van der Waals surface area contributed by atoms with E-state index in [1.165, 1.54) is 17.7 Å². The minimum atomic E-state index is 0.453. The summed E-state index contributed by atoms with van der Waals surface area (Å²) in [6.45, 7) is 1.96. The van der Waals surface area contributed by atoms with Crippen LogP contribution in [0.15, 0.2) is 28.8 Å². The molecule has 0 amide bonds. The highest BCUT2D eigenvalue weighted by atomic mass is 35.5. The zero-order valence-corrected chi connectivity index (χ0v) is 16.0. The average molecular weight is 381 g/mol. The summed E-state index contributed by atoms with van der Waals surface area (Å²) in [5.41, 5.74) is 3.71. The average Bonchev–Trinajstić information content (AvgIpc) is 3.17. The minimum absolute atomic E-state index is 0.453. The molecule has 2 atom stereocenters. The van der Waals surface area contributed by atoms with Gasteiger partial charge < -0.3 is 4.52 Å². The fourth-order valence-electron chi connectivity index (χ4n) is 5.14. The Morgan fingerprint density at radius 2 is 1.78 bits per heavy atom. The van der Waals surface area contributed by atoms with Crippen LogP contribution in [-0.4, -0.2) is 19.9 Å². The fourth-order valence-corrected chi connectivity index (χ4v) is 5.32. The Morgan fingerprint density at radius 1 is 1.00 bits per heavy atom. The number of aromatic nitrogens is 4. The van der Waals surface area contributed by atoms with Crippen molar-refractivity contribution in [1.29, 1.82) is 0 Å². The molecule has 0 radical (unpaired) electrons. The van der Waals surface area contributed by atoms with Crippen molar-refractivity contribution in [3.05, 3.63) is 58.0 Å². The molecule has 2 aliphatic carbocycles. The highest BCUT2D eigenvalue weighted by Gasteiger charge is 2.49. The van der Waals surface area contributed by atoms with Crippen molar-refractivity contribution in [3.8, 4) is 5.69 Å². The normalized spacial score (nSPS) is 28.4. The lowest BCUT2D eigenvalue weighted by atomic mass is 9.80. The largest absolute Gasteiger partial charge is 0.361 e. The van der Waals surface area contributed by atoms with Crippen molar-refractivity contribution in [2.45, 2.75) is 62.7 Å². The molecule has 27 heavy (non-hydrogen) atoms. The Kier molecular flexibility index (Phi) is 3.34. The van der Waals surface area contributed by atoms with E-state index in [0.29, 0.717) is 23.7 Å². The molecule has 0 bridgehead atoms. The first kappa shape index (κ1) is 15.9. The summed E-state index contributed by atoms with van der Waals surface area (Å²) in [7, 11) is 0. The standard InChI is InChI=1S/C21H21ClN4O/c1-11-8-18(25-27-11)12-2-4-13(5-3-12)20-23-24-21-17-10-15(17)16-9-14(22)6-7-19(16)26(20)21/h6-9,12-13,15,17H,2-5,10H2,1H3. The third-order valence-corrected chi connectivity index (χ3v) is 6.86. The van der Waals surface area contributed by atoms with E-state index in [1.54, 1.807) is 0 Å². The van der Waals surface area contributed by atoms with Gasteiger partial charge >= 0.3 is 0 Å². The highest BCUT2D eigenvalue weighted by molar-refractivity contribution is 6.30. The van der Waals surface area contributed by atoms with Crippen LogP contribution >= 0.6 is 11.6 Å². The van der Waals surface area contributed by atoms with E-state index in [0.717, 1.165) is 53.8 Å². The molecule has 6 rings (SSSR count). The predicted octanol–water partition coefficient (Wildman–Crippen LogP) is 5.24. The maximum Gasteiger partial charge on any atom is 0.141 e. The molecule has 0 spiro atoms. The van der Waals surface area contributed by atoms with Crippen LogP contribution in [0.5, 0.6) is 0 Å². The number of aryl methyl sites for hydroxylation is 1. The van der Waals surface area contributed by atoms with Crippen molar-refractivity contribution in [1.82, 2.24) is 19.9 Å². The summed E-state index contributed by atoms with van der Waals surface area (Å²) in [4.78, 5) is 0. The summed E-state index contributed by atoms with van der Waals surface area (Å²) >= 11 is 6.27. The summed E-state index contributed by atoms with van der Waals surface area (Å²) in [6.07, 6.45) is 5.65. The summed E-state index contributed by atoms with van der Waals surface area (Å²) < 4.78 is 7.61. The van der Waals surface area contributed by atoms with Gasteiger partial charge in [0, 0.05) is 28.8 Å². The Bertz CT molecular complexity index is 1030. The van der Waals surface area contributed by atoms with Gasteiger partial charge in [-0.1, -0.05) is 16.8 Å². The monoisotopic (exact) mass is 380 g/mol. The van der Waals surface area contributed by atoms with Gasteiger partial charge in [0.2, 0.25) is 0 Å². The molecule has 0 saturated heterocycles. The Labute approximate surface area is 162 Å². The molecule has 6 heteroatoms. The predicted molar refractivity (Wildman–Crippen MR) is 102 cm³/mol. The molecule has 2 saturated carbocycles. The van der Waals surface area contributed by atoms with Gasteiger partial charge in [0.1, 0.15) is 17.4 Å². The second kappa shape index (κ2) is 5.68. The van der Waals surface area contributed by atoms with E-state index >= 15 is 0 Å². The first-order valence-corrected chi connectivity index (χ1v) is 10.2. The Balaban J connectivity index is 1.31. The van der Waals surface area contributed by atoms with Crippen LogP contribution in [0.3, 0.4) is 0 Å². The third-order valence-electron chi connectivity index (χ3n) is 6.62. The van der Waals surface area contributed by atoms with Crippen LogP contribution < -0.4 is 0 Å². The van der Waals surface area contributed by atoms with E-state index in [9.17, 15) is 0 Å². The first-order chi connectivity index (χ1) is 13.2. The van der Waals surface area contributed by atoms with Crippen LogP contribution in [0.25, 0.3) is 5.69 Å². The second-order valence-corrected chi connectivity index (χ2v) is 8.75. The molecule has 0 N–H and O–H groups in total. The van der Waals surface area contributed by atoms with Crippen molar-refractivity contribution < 1.29 is 4.52 Å². The van der Waals surface area contributed by atoms with Gasteiger partial charge in [0.15, 0.2) is 0 Å². The molecule has 3 aliphatic rings. The van der Waals surface area contributed by atoms with Gasteiger partial charge in [0.25, 0.3) is 0 Å². The molecular weight excluding hydrogens is 360 g/mol. The lowest BCUT2D eigenvalue weighted by molar-refractivity contribution is 0.347. The molecule has 3 aromatic rings. The van der Waals surface area contributed by atoms with E-state index in [1.807, 2.05) is 13.0 Å². The number of halogens is 1. The fraction of sp³-hybridized carbons (Fsp3) is 0.476. The topological polar surface area (TPSA) is 56.7 Å². The maximum atomic E-state index is 6.27. The van der Waals surface area contributed by atoms with Crippen LogP contribution in [0.2, 0.25) is 5.02 Å². The smallest absolute Gasteiger partial charge is 0.141 e. The first-order valence-electron chi connectivity index (χ1n) is 9.87. The van der Waals surface area contributed by atoms with Crippen LogP contribution in [-0.2, 0) is 0 Å². The number of rotatable bonds is 2. The zero-order valence-electron chi connectivity index (χ0n) is 15.2. The van der Waals surface area contributed by atoms with Crippen LogP contribution in [0.4, 0.5) is 0 Å². The van der Waals surface area contributed by atoms with E-state index in [-0.39, 0.29) is 0 Å². The lowest BCUT2D eigenvalue weighted by Gasteiger charge is -2.28. The van der Waals surface area contributed by atoms with E-state index in [4.69, 9.17) is 16.1 Å². The Morgan fingerprint density at radius 3 is 2.56 bits per heavy atom. The summed E-state index contributed by atoms with van der Waals surface area (Å²) in [5, 5.41) is 14.3. The van der Waals surface area contributed by atoms with Gasteiger partial charge in [-0.15, -0.1) is 10.2 Å². The highest BCUT2D eigenvalue weighted by Crippen LogP contribution is 2.59. The quantitative estimate of drug-likeness (QED) is 0.609. The van der Waals surface area contributed by atoms with Crippen molar-refractivity contribution >= 4 is 11.6 Å². The van der Waals surface area contributed by atoms with Gasteiger partial charge in [-0.25, -0.2) is 0 Å². The molecular formula is C21H21ClN4O. The number of hydrogen-bond acceptors (Lipinski definition) is 4. The molecule has 3 heterocycles. The molecule has 138 valence electrons. The molecule has 1 aliphatic heterocycles. The van der Waals surface area contributed by atoms with Crippen molar-refractivity contribution in [2.75, 3.05) is 0 Å². The number of benzene rings is 1. The van der Waals surface area contributed by atoms with Crippen LogP contribution in [0.1, 0.15) is 84.4 Å². The number of hydrogen-bond donors (Lipinski definition) is 0. The second-order valence-electron chi connectivity index (χ2n) is 8.31. The van der Waals surface area contributed by atoms with Gasteiger partial charge in [0.05, 0.1) is 11.4 Å². The molecule has 5 nitrogen and oxygen atoms in total. The van der Waals surface area contributed by atoms with Gasteiger partial charge in [-0.3, -0.25) is 4.57 Å². The lowest BCUT2D eigenvalue weighted by Crippen LogP contribution is -2.18.